The lowest BCUT2D eigenvalue weighted by molar-refractivity contribution is 1.48. The minimum Gasteiger partial charge on any atom is -0.247 e. The first-order chi connectivity index (χ1) is 6.27. The summed E-state index contributed by atoms with van der Waals surface area (Å²) in [6.07, 6.45) is 0. The molecule has 1 atom stereocenters. The molecule has 0 spiro atoms. The van der Waals surface area contributed by atoms with Crippen LogP contribution in [0.1, 0.15) is 0 Å². The summed E-state index contributed by atoms with van der Waals surface area (Å²) in [4.78, 5) is 4.47. The Morgan fingerprint density at radius 2 is 1.92 bits per heavy atom. The van der Waals surface area contributed by atoms with Gasteiger partial charge in [-0.15, -0.1) is 0 Å². The number of rotatable bonds is 1. The summed E-state index contributed by atoms with van der Waals surface area (Å²) in [5.74, 6) is 0. The minimum absolute atomic E-state index is 0.608. The number of para-hydroxylation sites is 1. The second-order valence-corrected chi connectivity index (χ2v) is 5.77. The predicted octanol–water partition coefficient (Wildman–Crippen LogP) is 3.13. The monoisotopic (exact) mass is 209 g/mol. The lowest BCUT2D eigenvalue weighted by Gasteiger charge is -2.03. The van der Waals surface area contributed by atoms with Crippen LogP contribution in [-0.2, 0) is 0 Å². The highest BCUT2D eigenvalue weighted by Gasteiger charge is 2.02. The molecule has 0 saturated carbocycles. The highest BCUT2D eigenvalue weighted by molar-refractivity contribution is 7.89. The fourth-order valence-corrected chi connectivity index (χ4v) is 2.03. The van der Waals surface area contributed by atoms with Gasteiger partial charge in [-0.1, -0.05) is 35.5 Å². The summed E-state index contributed by atoms with van der Waals surface area (Å²) < 4.78 is 0. The van der Waals surface area contributed by atoms with Gasteiger partial charge in [0.1, 0.15) is 0 Å². The predicted molar refractivity (Wildman–Crippen MR) is 60.1 cm³/mol. The number of pyridine rings is 1. The molecule has 1 aromatic carbocycles. The molecule has 1 nitrogen and oxygen atoms in total. The summed E-state index contributed by atoms with van der Waals surface area (Å²) in [6, 6.07) is 12.1. The van der Waals surface area contributed by atoms with Crippen LogP contribution in [0.5, 0.6) is 0 Å². The molecule has 1 unspecified atom stereocenters. The fourth-order valence-electron chi connectivity index (χ4n) is 1.23. The molecule has 2 rings (SSSR count). The van der Waals surface area contributed by atoms with Gasteiger partial charge in [0, 0.05) is 12.7 Å². The maximum atomic E-state index is 6.01. The van der Waals surface area contributed by atoms with Crippen molar-refractivity contribution >= 4 is 34.9 Å². The summed E-state index contributed by atoms with van der Waals surface area (Å²) in [5, 5.41) is 1.17. The number of fused-ring (bicyclic) bond motifs is 1. The van der Waals surface area contributed by atoms with E-state index in [9.17, 15) is 0 Å². The molecular weight excluding hydrogens is 201 g/mol. The molecule has 0 saturated heterocycles. The molecule has 2 aromatic rings. The third-order valence-electron chi connectivity index (χ3n) is 1.90. The zero-order chi connectivity index (χ0) is 9.26. The van der Waals surface area contributed by atoms with Gasteiger partial charge < -0.3 is 0 Å². The Kier molecular flexibility index (Phi) is 2.48. The molecule has 0 amide bonds. The average Bonchev–Trinajstić information content (AvgIpc) is 2.17. The molecule has 66 valence electrons. The van der Waals surface area contributed by atoms with Gasteiger partial charge in [0.25, 0.3) is 0 Å². The molecule has 0 aliphatic heterocycles. The van der Waals surface area contributed by atoms with Gasteiger partial charge in [-0.3, -0.25) is 0 Å². The first-order valence-corrected chi connectivity index (χ1v) is 6.72. The van der Waals surface area contributed by atoms with Crippen LogP contribution in [0.4, 0.5) is 0 Å². The van der Waals surface area contributed by atoms with E-state index in [0.717, 1.165) is 11.0 Å². The Hall–Kier alpha value is -0.650. The fraction of sp³-hybridized carbons (Fsp3) is 0.100. The molecule has 0 aliphatic rings. The van der Waals surface area contributed by atoms with Crippen molar-refractivity contribution < 1.29 is 0 Å². The average molecular weight is 210 g/mol. The molecule has 0 bridgehead atoms. The molecule has 0 N–H and O–H groups in total. The minimum atomic E-state index is -0.608. The van der Waals surface area contributed by atoms with Gasteiger partial charge in [0.2, 0.25) is 0 Å². The van der Waals surface area contributed by atoms with E-state index in [0.29, 0.717) is 0 Å². The van der Waals surface area contributed by atoms with E-state index in [1.165, 1.54) is 5.39 Å². The van der Waals surface area contributed by atoms with E-state index < -0.39 is 7.27 Å². The van der Waals surface area contributed by atoms with Crippen LogP contribution in [0.25, 0.3) is 10.9 Å². The van der Waals surface area contributed by atoms with Gasteiger partial charge in [0.05, 0.1) is 11.0 Å². The number of nitrogens with zero attached hydrogens (tertiary/aromatic N) is 1. The van der Waals surface area contributed by atoms with E-state index in [1.807, 2.05) is 30.9 Å². The van der Waals surface area contributed by atoms with Crippen molar-refractivity contribution in [3.63, 3.8) is 0 Å². The number of aromatic nitrogens is 1. The Morgan fingerprint density at radius 1 is 1.15 bits per heavy atom. The summed E-state index contributed by atoms with van der Waals surface area (Å²) in [5.41, 5.74) is 2.02. The quantitative estimate of drug-likeness (QED) is 0.658. The summed E-state index contributed by atoms with van der Waals surface area (Å²) in [7, 11) is -0.608. The van der Waals surface area contributed by atoms with Crippen molar-refractivity contribution in [2.45, 2.75) is 0 Å². The van der Waals surface area contributed by atoms with Crippen LogP contribution < -0.4 is 5.44 Å². The molecule has 1 heterocycles. The standard InChI is InChI=1S/C10H9ClNP/c1-13(11)10-7-6-8-4-2-3-5-9(8)12-10/h2-7H,1H3. The van der Waals surface area contributed by atoms with Crippen molar-refractivity contribution in [3.8, 4) is 0 Å². The second-order valence-electron chi connectivity index (χ2n) is 2.84. The smallest absolute Gasteiger partial charge is 0.0791 e. The van der Waals surface area contributed by atoms with E-state index in [4.69, 9.17) is 11.2 Å². The highest BCUT2D eigenvalue weighted by atomic mass is 35.7. The Morgan fingerprint density at radius 3 is 2.69 bits per heavy atom. The number of halogens is 1. The third kappa shape index (κ3) is 1.82. The molecule has 1 aromatic heterocycles. The lowest BCUT2D eigenvalue weighted by Crippen LogP contribution is -2.01. The molecular formula is C10H9ClNP. The van der Waals surface area contributed by atoms with Crippen LogP contribution in [0.15, 0.2) is 36.4 Å². The van der Waals surface area contributed by atoms with Crippen molar-refractivity contribution in [1.82, 2.24) is 4.98 Å². The zero-order valence-corrected chi connectivity index (χ0v) is 8.89. The molecule has 13 heavy (non-hydrogen) atoms. The molecule has 3 heteroatoms. The Balaban J connectivity index is 2.62. The van der Waals surface area contributed by atoms with Gasteiger partial charge in [-0.25, -0.2) is 4.98 Å². The number of benzene rings is 1. The third-order valence-corrected chi connectivity index (χ3v) is 3.30. The Bertz CT molecular complexity index is 428. The zero-order valence-electron chi connectivity index (χ0n) is 7.24. The Labute approximate surface area is 83.3 Å². The van der Waals surface area contributed by atoms with Crippen molar-refractivity contribution in [2.24, 2.45) is 0 Å². The first-order valence-electron chi connectivity index (χ1n) is 4.03. The van der Waals surface area contributed by atoms with Crippen LogP contribution in [0, 0.1) is 0 Å². The summed E-state index contributed by atoms with van der Waals surface area (Å²) >= 11 is 6.01. The SMILES string of the molecule is CP(Cl)c1ccc2ccccc2n1. The lowest BCUT2D eigenvalue weighted by atomic mass is 10.2. The van der Waals surface area contributed by atoms with Crippen LogP contribution in [-0.4, -0.2) is 11.6 Å². The van der Waals surface area contributed by atoms with Gasteiger partial charge in [0.15, 0.2) is 0 Å². The molecule has 0 aliphatic carbocycles. The number of hydrogen-bond donors (Lipinski definition) is 0. The van der Waals surface area contributed by atoms with Crippen LogP contribution in [0.2, 0.25) is 0 Å². The first kappa shape index (κ1) is 8.93. The van der Waals surface area contributed by atoms with Gasteiger partial charge >= 0.3 is 0 Å². The second kappa shape index (κ2) is 3.61. The van der Waals surface area contributed by atoms with Crippen molar-refractivity contribution in [2.75, 3.05) is 6.66 Å². The summed E-state index contributed by atoms with van der Waals surface area (Å²) in [6.45, 7) is 1.99. The van der Waals surface area contributed by atoms with Crippen molar-refractivity contribution in [3.05, 3.63) is 36.4 Å². The van der Waals surface area contributed by atoms with Crippen LogP contribution >= 0.6 is 18.5 Å². The largest absolute Gasteiger partial charge is 0.247 e. The van der Waals surface area contributed by atoms with Gasteiger partial charge in [-0.2, -0.15) is 0 Å². The maximum absolute atomic E-state index is 6.01. The highest BCUT2D eigenvalue weighted by Crippen LogP contribution is 2.34. The topological polar surface area (TPSA) is 12.9 Å². The van der Waals surface area contributed by atoms with E-state index >= 15 is 0 Å². The van der Waals surface area contributed by atoms with E-state index in [-0.39, 0.29) is 0 Å². The van der Waals surface area contributed by atoms with E-state index in [2.05, 4.69) is 17.1 Å². The molecule has 0 radical (unpaired) electrons. The molecule has 0 fully saturated rings. The van der Waals surface area contributed by atoms with Crippen LogP contribution in [0.3, 0.4) is 0 Å². The van der Waals surface area contributed by atoms with Gasteiger partial charge in [-0.05, 0) is 18.8 Å². The maximum Gasteiger partial charge on any atom is 0.0791 e. The number of hydrogen-bond acceptors (Lipinski definition) is 1. The normalized spacial score (nSPS) is 13.1. The van der Waals surface area contributed by atoms with Crippen molar-refractivity contribution in [1.29, 1.82) is 0 Å². The van der Waals surface area contributed by atoms with E-state index in [1.54, 1.807) is 0 Å².